The van der Waals surface area contributed by atoms with Gasteiger partial charge >= 0.3 is 0 Å². The molecule has 1 aliphatic heterocycles. The van der Waals surface area contributed by atoms with Crippen molar-refractivity contribution in [2.75, 3.05) is 26.8 Å². The molecule has 0 aromatic heterocycles. The summed E-state index contributed by atoms with van der Waals surface area (Å²) in [4.78, 5) is 23.4. The van der Waals surface area contributed by atoms with E-state index in [2.05, 4.69) is 5.32 Å². The van der Waals surface area contributed by atoms with Gasteiger partial charge in [0.1, 0.15) is 6.61 Å². The topological polar surface area (TPSA) is 58.6 Å². The van der Waals surface area contributed by atoms with Gasteiger partial charge in [0.2, 0.25) is 12.3 Å². The van der Waals surface area contributed by atoms with Gasteiger partial charge in [0.15, 0.2) is 0 Å². The van der Waals surface area contributed by atoms with Crippen molar-refractivity contribution < 1.29 is 14.3 Å². The number of hydrogen-bond acceptors (Lipinski definition) is 3. The van der Waals surface area contributed by atoms with Crippen LogP contribution in [0.15, 0.2) is 0 Å². The summed E-state index contributed by atoms with van der Waals surface area (Å²) in [6, 6.07) is 0.0991. The summed E-state index contributed by atoms with van der Waals surface area (Å²) in [6.45, 7) is 1.48. The lowest BCUT2D eigenvalue weighted by atomic mass is 10.1. The summed E-state index contributed by atoms with van der Waals surface area (Å²) in [5, 5.41) is 2.70. The Bertz CT molecular complexity index is 208. The molecule has 80 valence electrons. The van der Waals surface area contributed by atoms with E-state index in [4.69, 9.17) is 4.74 Å². The van der Waals surface area contributed by atoms with Crippen LogP contribution < -0.4 is 5.32 Å². The molecule has 1 aliphatic rings. The van der Waals surface area contributed by atoms with Crippen molar-refractivity contribution >= 4 is 12.3 Å². The fourth-order valence-electron chi connectivity index (χ4n) is 1.65. The van der Waals surface area contributed by atoms with Gasteiger partial charge in [0.05, 0.1) is 0 Å². The van der Waals surface area contributed by atoms with E-state index >= 15 is 0 Å². The molecule has 2 amide bonds. The fraction of sp³-hybridized carbons (Fsp3) is 0.778. The maximum atomic E-state index is 11.4. The number of carbonyl (C=O) groups excluding carboxylic acids is 2. The average molecular weight is 200 g/mol. The Balaban J connectivity index is 2.38. The Morgan fingerprint density at radius 3 is 3.14 bits per heavy atom. The van der Waals surface area contributed by atoms with Crippen LogP contribution >= 0.6 is 0 Å². The number of likely N-dealkylation sites (tertiary alicyclic amines) is 1. The van der Waals surface area contributed by atoms with Gasteiger partial charge in [0.25, 0.3) is 0 Å². The Morgan fingerprint density at radius 1 is 1.71 bits per heavy atom. The van der Waals surface area contributed by atoms with E-state index < -0.39 is 0 Å². The summed E-state index contributed by atoms with van der Waals surface area (Å²) in [7, 11) is 1.50. The number of nitrogens with zero attached hydrogens (tertiary/aromatic N) is 1. The number of amides is 2. The van der Waals surface area contributed by atoms with E-state index in [0.29, 0.717) is 13.0 Å². The SMILES string of the molecule is COCC(=O)N1CCC[C@@H](NC=O)C1. The molecular formula is C9H16N2O3. The summed E-state index contributed by atoms with van der Waals surface area (Å²) >= 11 is 0. The Morgan fingerprint density at radius 2 is 2.50 bits per heavy atom. The van der Waals surface area contributed by atoms with Gasteiger partial charge in [-0.25, -0.2) is 0 Å². The van der Waals surface area contributed by atoms with Gasteiger partial charge in [-0.3, -0.25) is 9.59 Å². The summed E-state index contributed by atoms with van der Waals surface area (Å²) in [5.74, 6) is -0.00935. The number of piperidine rings is 1. The molecular weight excluding hydrogens is 184 g/mol. The molecule has 0 bridgehead atoms. The molecule has 1 atom stereocenters. The van der Waals surface area contributed by atoms with Crippen LogP contribution in [0.25, 0.3) is 0 Å². The minimum absolute atomic E-state index is 0.00935. The Hall–Kier alpha value is -1.10. The quantitative estimate of drug-likeness (QED) is 0.615. The van der Waals surface area contributed by atoms with Crippen LogP contribution in [-0.2, 0) is 14.3 Å². The monoisotopic (exact) mass is 200 g/mol. The van der Waals surface area contributed by atoms with E-state index in [1.54, 1.807) is 4.90 Å². The highest BCUT2D eigenvalue weighted by Crippen LogP contribution is 2.09. The van der Waals surface area contributed by atoms with Crippen LogP contribution in [0.5, 0.6) is 0 Å². The van der Waals surface area contributed by atoms with Gasteiger partial charge < -0.3 is 15.0 Å². The summed E-state index contributed by atoms with van der Waals surface area (Å²) in [6.07, 6.45) is 2.56. The molecule has 0 unspecified atom stereocenters. The van der Waals surface area contributed by atoms with Crippen LogP contribution in [0, 0.1) is 0 Å². The molecule has 0 aromatic carbocycles. The van der Waals surface area contributed by atoms with Crippen molar-refractivity contribution in [3.05, 3.63) is 0 Å². The lowest BCUT2D eigenvalue weighted by Gasteiger charge is -2.32. The number of ether oxygens (including phenoxy) is 1. The molecule has 1 saturated heterocycles. The van der Waals surface area contributed by atoms with Crippen molar-refractivity contribution in [2.45, 2.75) is 18.9 Å². The normalized spacial score (nSPS) is 21.8. The first kappa shape index (κ1) is 11.0. The van der Waals surface area contributed by atoms with E-state index in [-0.39, 0.29) is 18.6 Å². The van der Waals surface area contributed by atoms with E-state index in [9.17, 15) is 9.59 Å². The van der Waals surface area contributed by atoms with E-state index in [1.807, 2.05) is 0 Å². The summed E-state index contributed by atoms with van der Waals surface area (Å²) < 4.78 is 4.77. The molecule has 0 aliphatic carbocycles. The first-order valence-electron chi connectivity index (χ1n) is 4.74. The molecule has 1 rings (SSSR count). The zero-order valence-corrected chi connectivity index (χ0v) is 8.36. The number of hydrogen-bond donors (Lipinski definition) is 1. The molecule has 0 saturated carbocycles. The molecule has 0 spiro atoms. The second-order valence-corrected chi connectivity index (χ2v) is 3.40. The fourth-order valence-corrected chi connectivity index (χ4v) is 1.65. The second kappa shape index (κ2) is 5.59. The Labute approximate surface area is 83.4 Å². The molecule has 1 N–H and O–H groups in total. The van der Waals surface area contributed by atoms with Crippen molar-refractivity contribution in [1.82, 2.24) is 10.2 Å². The van der Waals surface area contributed by atoms with Crippen molar-refractivity contribution in [3.63, 3.8) is 0 Å². The molecule has 5 nitrogen and oxygen atoms in total. The second-order valence-electron chi connectivity index (χ2n) is 3.40. The number of nitrogens with one attached hydrogen (secondary N) is 1. The van der Waals surface area contributed by atoms with E-state index in [1.165, 1.54) is 7.11 Å². The average Bonchev–Trinajstić information content (AvgIpc) is 2.19. The third-order valence-electron chi connectivity index (χ3n) is 2.35. The predicted octanol–water partition coefficient (Wildman–Crippen LogP) is -0.630. The highest BCUT2D eigenvalue weighted by molar-refractivity contribution is 5.77. The third kappa shape index (κ3) is 2.99. The van der Waals surface area contributed by atoms with Crippen molar-refractivity contribution in [3.8, 4) is 0 Å². The van der Waals surface area contributed by atoms with Crippen LogP contribution in [0.2, 0.25) is 0 Å². The highest BCUT2D eigenvalue weighted by Gasteiger charge is 2.22. The Kier molecular flexibility index (Phi) is 4.39. The molecule has 0 aromatic rings. The lowest BCUT2D eigenvalue weighted by Crippen LogP contribution is -2.48. The zero-order chi connectivity index (χ0) is 10.4. The van der Waals surface area contributed by atoms with Crippen molar-refractivity contribution in [2.24, 2.45) is 0 Å². The largest absolute Gasteiger partial charge is 0.375 e. The van der Waals surface area contributed by atoms with Gasteiger partial charge in [-0.15, -0.1) is 0 Å². The third-order valence-corrected chi connectivity index (χ3v) is 2.35. The standard InChI is InChI=1S/C9H16N2O3/c1-14-6-9(13)11-4-2-3-8(5-11)10-7-12/h7-8H,2-6H2,1H3,(H,10,12)/t8-/m1/s1. The first-order chi connectivity index (χ1) is 6.77. The van der Waals surface area contributed by atoms with Gasteiger partial charge in [0, 0.05) is 26.2 Å². The molecule has 1 fully saturated rings. The van der Waals surface area contributed by atoms with Crippen molar-refractivity contribution in [1.29, 1.82) is 0 Å². The predicted molar refractivity (Wildman–Crippen MR) is 50.7 cm³/mol. The smallest absolute Gasteiger partial charge is 0.248 e. The number of carbonyl (C=O) groups is 2. The summed E-state index contributed by atoms with van der Waals surface area (Å²) in [5.41, 5.74) is 0. The van der Waals surface area contributed by atoms with Crippen LogP contribution in [-0.4, -0.2) is 50.1 Å². The number of methoxy groups -OCH3 is 1. The zero-order valence-electron chi connectivity index (χ0n) is 8.36. The highest BCUT2D eigenvalue weighted by atomic mass is 16.5. The van der Waals surface area contributed by atoms with Gasteiger partial charge in [-0.2, -0.15) is 0 Å². The molecule has 14 heavy (non-hydrogen) atoms. The molecule has 1 heterocycles. The number of rotatable bonds is 4. The minimum Gasteiger partial charge on any atom is -0.375 e. The maximum absolute atomic E-state index is 11.4. The van der Waals surface area contributed by atoms with Crippen LogP contribution in [0.4, 0.5) is 0 Å². The van der Waals surface area contributed by atoms with Crippen LogP contribution in [0.1, 0.15) is 12.8 Å². The molecule has 0 radical (unpaired) electrons. The molecule has 5 heteroatoms. The van der Waals surface area contributed by atoms with Crippen LogP contribution in [0.3, 0.4) is 0 Å². The maximum Gasteiger partial charge on any atom is 0.248 e. The van der Waals surface area contributed by atoms with Gasteiger partial charge in [-0.1, -0.05) is 0 Å². The van der Waals surface area contributed by atoms with Gasteiger partial charge in [-0.05, 0) is 12.8 Å². The first-order valence-corrected chi connectivity index (χ1v) is 4.74. The lowest BCUT2D eigenvalue weighted by molar-refractivity contribution is -0.136. The van der Waals surface area contributed by atoms with E-state index in [0.717, 1.165) is 19.4 Å². The minimum atomic E-state index is -0.00935.